The summed E-state index contributed by atoms with van der Waals surface area (Å²) < 4.78 is 11.3. The molecule has 0 radical (unpaired) electrons. The molecule has 0 aromatic heterocycles. The van der Waals surface area contributed by atoms with Gasteiger partial charge in [-0.2, -0.15) is 0 Å². The molecule has 35 heavy (non-hydrogen) atoms. The zero-order chi connectivity index (χ0) is 24.6. The van der Waals surface area contributed by atoms with Crippen molar-refractivity contribution in [1.82, 2.24) is 4.90 Å². The number of methoxy groups -OCH3 is 1. The van der Waals surface area contributed by atoms with E-state index in [4.69, 9.17) is 32.7 Å². The molecule has 0 aliphatic rings. The summed E-state index contributed by atoms with van der Waals surface area (Å²) in [5.41, 5.74) is 2.45. The maximum absolute atomic E-state index is 13.5. The second-order valence-corrected chi connectivity index (χ2v) is 8.85. The summed E-state index contributed by atoms with van der Waals surface area (Å²) in [7, 11) is 1.59. The first-order valence-corrected chi connectivity index (χ1v) is 12.0. The molecule has 0 heterocycles. The quantitative estimate of drug-likeness (QED) is 0.234. The summed E-state index contributed by atoms with van der Waals surface area (Å²) in [6, 6.07) is 30.0. The second-order valence-electron chi connectivity index (χ2n) is 8.01. The Morgan fingerprint density at radius 2 is 1.54 bits per heavy atom. The van der Waals surface area contributed by atoms with E-state index >= 15 is 0 Å². The monoisotopic (exact) mass is 505 g/mol. The highest BCUT2D eigenvalue weighted by atomic mass is 35.5. The van der Waals surface area contributed by atoms with E-state index in [2.05, 4.69) is 0 Å². The predicted molar refractivity (Wildman–Crippen MR) is 141 cm³/mol. The van der Waals surface area contributed by atoms with Gasteiger partial charge in [-0.25, -0.2) is 0 Å². The number of amides is 1. The third kappa shape index (κ3) is 6.78. The number of halogens is 2. The molecule has 0 N–H and O–H groups in total. The second kappa shape index (κ2) is 11.8. The van der Waals surface area contributed by atoms with Crippen LogP contribution in [0.25, 0.3) is 0 Å². The zero-order valence-corrected chi connectivity index (χ0v) is 20.8. The third-order valence-corrected chi connectivity index (χ3v) is 6.11. The van der Waals surface area contributed by atoms with Gasteiger partial charge in [0.15, 0.2) is 0 Å². The number of carbonyl (C=O) groups is 1. The summed E-state index contributed by atoms with van der Waals surface area (Å²) in [6.45, 7) is 0.883. The van der Waals surface area contributed by atoms with Gasteiger partial charge in [0.25, 0.3) is 5.91 Å². The number of rotatable bonds is 9. The van der Waals surface area contributed by atoms with Crippen molar-refractivity contribution in [3.63, 3.8) is 0 Å². The Kier molecular flexibility index (Phi) is 8.30. The molecule has 0 bridgehead atoms. The Labute approximate surface area is 215 Å². The van der Waals surface area contributed by atoms with Crippen molar-refractivity contribution >= 4 is 29.1 Å². The first kappa shape index (κ1) is 24.6. The van der Waals surface area contributed by atoms with Crippen LogP contribution in [0.5, 0.6) is 17.2 Å². The molecule has 178 valence electrons. The highest BCUT2D eigenvalue weighted by Crippen LogP contribution is 2.25. The van der Waals surface area contributed by atoms with Gasteiger partial charge in [-0.05, 0) is 72.1 Å². The van der Waals surface area contributed by atoms with Gasteiger partial charge in [-0.1, -0.05) is 65.7 Å². The van der Waals surface area contributed by atoms with E-state index in [0.717, 1.165) is 16.9 Å². The van der Waals surface area contributed by atoms with E-state index in [1.54, 1.807) is 36.3 Å². The predicted octanol–water partition coefficient (Wildman–Crippen LogP) is 7.68. The molecule has 0 unspecified atom stereocenters. The fraction of sp³-hybridized carbons (Fsp3) is 0.138. The summed E-state index contributed by atoms with van der Waals surface area (Å²) in [4.78, 5) is 15.3. The molecule has 4 nitrogen and oxygen atoms in total. The zero-order valence-electron chi connectivity index (χ0n) is 19.3. The molecule has 1 amide bonds. The molecule has 0 spiro atoms. The molecule has 0 saturated carbocycles. The Bertz CT molecular complexity index is 1290. The van der Waals surface area contributed by atoms with E-state index in [0.29, 0.717) is 46.6 Å². The largest absolute Gasteiger partial charge is 0.497 e. The minimum absolute atomic E-state index is 0.0941. The number of hydrogen-bond donors (Lipinski definition) is 0. The number of benzene rings is 4. The van der Waals surface area contributed by atoms with Gasteiger partial charge in [0, 0.05) is 28.7 Å². The highest BCUT2D eigenvalue weighted by molar-refractivity contribution is 6.35. The van der Waals surface area contributed by atoms with Gasteiger partial charge in [0.2, 0.25) is 0 Å². The lowest BCUT2D eigenvalue weighted by atomic mass is 10.1. The van der Waals surface area contributed by atoms with Crippen molar-refractivity contribution in [2.75, 3.05) is 13.7 Å². The number of nitrogens with zero attached hydrogens (tertiary/aromatic N) is 1. The summed E-state index contributed by atoms with van der Waals surface area (Å²) in [5, 5.41) is 1.17. The standard InChI is InChI=1S/C29H25Cl2NO3/c1-34-26-11-6-8-23(18-26)29(33)32(16-15-22-13-14-24(30)19-28(22)31)20-21-7-5-12-27(17-21)35-25-9-3-2-4-10-25/h2-14,17-19H,15-16,20H2,1H3. The maximum atomic E-state index is 13.5. The molecule has 4 aromatic carbocycles. The van der Waals surface area contributed by atoms with E-state index in [9.17, 15) is 4.79 Å². The van der Waals surface area contributed by atoms with Crippen molar-refractivity contribution in [2.45, 2.75) is 13.0 Å². The first-order valence-electron chi connectivity index (χ1n) is 11.2. The minimum Gasteiger partial charge on any atom is -0.497 e. The van der Waals surface area contributed by atoms with Gasteiger partial charge in [0.05, 0.1) is 7.11 Å². The summed E-state index contributed by atoms with van der Waals surface area (Å²) in [6.07, 6.45) is 0.589. The fourth-order valence-electron chi connectivity index (χ4n) is 3.72. The highest BCUT2D eigenvalue weighted by Gasteiger charge is 2.18. The van der Waals surface area contributed by atoms with Crippen LogP contribution >= 0.6 is 23.2 Å². The van der Waals surface area contributed by atoms with Gasteiger partial charge >= 0.3 is 0 Å². The van der Waals surface area contributed by atoms with Crippen LogP contribution in [0.4, 0.5) is 0 Å². The molecule has 0 aliphatic heterocycles. The van der Waals surface area contributed by atoms with E-state index in [-0.39, 0.29) is 5.91 Å². The van der Waals surface area contributed by atoms with E-state index in [1.807, 2.05) is 72.8 Å². The van der Waals surface area contributed by atoms with Crippen LogP contribution in [0.3, 0.4) is 0 Å². The number of carbonyl (C=O) groups excluding carboxylic acids is 1. The van der Waals surface area contributed by atoms with Crippen LogP contribution in [-0.2, 0) is 13.0 Å². The van der Waals surface area contributed by atoms with Crippen LogP contribution in [0.1, 0.15) is 21.5 Å². The Hall–Kier alpha value is -3.47. The van der Waals surface area contributed by atoms with Crippen molar-refractivity contribution in [3.05, 3.63) is 124 Å². The third-order valence-electron chi connectivity index (χ3n) is 5.52. The number of hydrogen-bond acceptors (Lipinski definition) is 3. The van der Waals surface area contributed by atoms with Gasteiger partial charge in [0.1, 0.15) is 17.2 Å². The minimum atomic E-state index is -0.0941. The molecule has 4 aromatic rings. The lowest BCUT2D eigenvalue weighted by Crippen LogP contribution is -2.32. The topological polar surface area (TPSA) is 38.8 Å². The summed E-state index contributed by atoms with van der Waals surface area (Å²) in [5.74, 6) is 2.01. The van der Waals surface area contributed by atoms with Gasteiger partial charge in [-0.15, -0.1) is 0 Å². The van der Waals surface area contributed by atoms with Crippen LogP contribution in [0.15, 0.2) is 97.1 Å². The normalized spacial score (nSPS) is 10.6. The van der Waals surface area contributed by atoms with Crippen LogP contribution in [-0.4, -0.2) is 24.5 Å². The molecule has 0 aliphatic carbocycles. The first-order chi connectivity index (χ1) is 17.0. The molecular weight excluding hydrogens is 481 g/mol. The fourth-order valence-corrected chi connectivity index (χ4v) is 4.23. The molecule has 0 atom stereocenters. The average Bonchev–Trinajstić information content (AvgIpc) is 2.88. The van der Waals surface area contributed by atoms with E-state index < -0.39 is 0 Å². The van der Waals surface area contributed by atoms with Crippen molar-refractivity contribution in [3.8, 4) is 17.2 Å². The van der Waals surface area contributed by atoms with Crippen molar-refractivity contribution < 1.29 is 14.3 Å². The number of ether oxygens (including phenoxy) is 2. The molecule has 0 fully saturated rings. The summed E-state index contributed by atoms with van der Waals surface area (Å²) >= 11 is 12.4. The molecule has 4 rings (SSSR count). The van der Waals surface area contributed by atoms with Crippen molar-refractivity contribution in [2.24, 2.45) is 0 Å². The average molecular weight is 506 g/mol. The Morgan fingerprint density at radius 1 is 0.800 bits per heavy atom. The van der Waals surface area contributed by atoms with Crippen LogP contribution < -0.4 is 9.47 Å². The Balaban J connectivity index is 1.57. The molecule has 0 saturated heterocycles. The van der Waals surface area contributed by atoms with Crippen molar-refractivity contribution in [1.29, 1.82) is 0 Å². The SMILES string of the molecule is COc1cccc(C(=O)N(CCc2ccc(Cl)cc2Cl)Cc2cccc(Oc3ccccc3)c2)c1. The lowest BCUT2D eigenvalue weighted by molar-refractivity contribution is 0.0744. The van der Waals surface area contributed by atoms with Gasteiger partial charge < -0.3 is 14.4 Å². The molecule has 6 heteroatoms. The van der Waals surface area contributed by atoms with Crippen LogP contribution in [0.2, 0.25) is 10.0 Å². The van der Waals surface area contributed by atoms with E-state index in [1.165, 1.54) is 0 Å². The van der Waals surface area contributed by atoms with Crippen LogP contribution in [0, 0.1) is 0 Å². The molecular formula is C29H25Cl2NO3. The maximum Gasteiger partial charge on any atom is 0.254 e. The Morgan fingerprint density at radius 3 is 2.31 bits per heavy atom. The number of para-hydroxylation sites is 1. The smallest absolute Gasteiger partial charge is 0.254 e. The lowest BCUT2D eigenvalue weighted by Gasteiger charge is -2.24. The van der Waals surface area contributed by atoms with Gasteiger partial charge in [-0.3, -0.25) is 4.79 Å².